The fourth-order valence-corrected chi connectivity index (χ4v) is 4.34. The van der Waals surface area contributed by atoms with Gasteiger partial charge in [-0.1, -0.05) is 42.5 Å². The number of benzene rings is 3. The summed E-state index contributed by atoms with van der Waals surface area (Å²) in [6.45, 7) is 3.74. The Morgan fingerprint density at radius 1 is 0.943 bits per heavy atom. The van der Waals surface area contributed by atoms with Crippen molar-refractivity contribution in [1.29, 1.82) is 0 Å². The number of hydrogen-bond donors (Lipinski definition) is 2. The van der Waals surface area contributed by atoms with Crippen molar-refractivity contribution in [2.75, 3.05) is 29.0 Å². The standard InChI is InChI=1S/C26H29N3O5S/c1-4-34-22-16-14-21(15-17-22)29(35(3,32)33)18-25(30)28-24-13-9-8-12-23(24)26(31)27-19(2)20-10-6-5-7-11-20/h5-17,19H,4,18H2,1-3H3,(H,27,31)(H,28,30)/t19-/m0/s1. The summed E-state index contributed by atoms with van der Waals surface area (Å²) in [6, 6.07) is 22.3. The van der Waals surface area contributed by atoms with Crippen LogP contribution in [0.3, 0.4) is 0 Å². The maximum Gasteiger partial charge on any atom is 0.253 e. The van der Waals surface area contributed by atoms with Crippen LogP contribution >= 0.6 is 0 Å². The highest BCUT2D eigenvalue weighted by Gasteiger charge is 2.22. The molecule has 0 aliphatic rings. The van der Waals surface area contributed by atoms with E-state index in [1.165, 1.54) is 0 Å². The van der Waals surface area contributed by atoms with Gasteiger partial charge in [-0.05, 0) is 55.8 Å². The number of anilines is 2. The Bertz CT molecular complexity index is 1260. The number of carbonyl (C=O) groups excluding carboxylic acids is 2. The minimum atomic E-state index is -3.75. The number of para-hydroxylation sites is 1. The molecule has 0 aliphatic carbocycles. The lowest BCUT2D eigenvalue weighted by molar-refractivity contribution is -0.114. The smallest absolute Gasteiger partial charge is 0.253 e. The third-order valence-corrected chi connectivity index (χ3v) is 6.36. The van der Waals surface area contributed by atoms with Gasteiger partial charge in [-0.2, -0.15) is 0 Å². The molecule has 9 heteroatoms. The van der Waals surface area contributed by atoms with E-state index in [1.54, 1.807) is 48.5 Å². The Morgan fingerprint density at radius 2 is 1.57 bits per heavy atom. The van der Waals surface area contributed by atoms with Gasteiger partial charge in [0.05, 0.1) is 35.8 Å². The zero-order valence-electron chi connectivity index (χ0n) is 19.9. The Kier molecular flexibility index (Phi) is 8.48. The maximum atomic E-state index is 12.9. The lowest BCUT2D eigenvalue weighted by Gasteiger charge is -2.22. The fourth-order valence-electron chi connectivity index (χ4n) is 3.49. The van der Waals surface area contributed by atoms with Crippen LogP contribution in [0.15, 0.2) is 78.9 Å². The number of nitrogens with zero attached hydrogens (tertiary/aromatic N) is 1. The third-order valence-electron chi connectivity index (χ3n) is 5.22. The van der Waals surface area contributed by atoms with Crippen molar-refractivity contribution >= 4 is 33.2 Å². The number of hydrogen-bond acceptors (Lipinski definition) is 5. The normalized spacial score (nSPS) is 11.9. The minimum Gasteiger partial charge on any atom is -0.494 e. The van der Waals surface area contributed by atoms with Crippen molar-refractivity contribution < 1.29 is 22.7 Å². The van der Waals surface area contributed by atoms with Crippen molar-refractivity contribution in [1.82, 2.24) is 5.32 Å². The molecule has 35 heavy (non-hydrogen) atoms. The predicted octanol–water partition coefficient (Wildman–Crippen LogP) is 3.98. The summed E-state index contributed by atoms with van der Waals surface area (Å²) in [4.78, 5) is 25.8. The van der Waals surface area contributed by atoms with E-state index in [4.69, 9.17) is 4.74 Å². The van der Waals surface area contributed by atoms with Crippen molar-refractivity contribution in [2.24, 2.45) is 0 Å². The van der Waals surface area contributed by atoms with Gasteiger partial charge in [0.2, 0.25) is 15.9 Å². The zero-order valence-corrected chi connectivity index (χ0v) is 20.7. The largest absolute Gasteiger partial charge is 0.494 e. The Hall–Kier alpha value is -3.85. The van der Waals surface area contributed by atoms with E-state index < -0.39 is 22.5 Å². The summed E-state index contributed by atoms with van der Waals surface area (Å²) < 4.78 is 31.2. The first-order valence-electron chi connectivity index (χ1n) is 11.1. The molecule has 0 heterocycles. The Balaban J connectivity index is 1.74. The predicted molar refractivity (Wildman–Crippen MR) is 137 cm³/mol. The molecule has 2 N–H and O–H groups in total. The van der Waals surface area contributed by atoms with Gasteiger partial charge in [0, 0.05) is 0 Å². The van der Waals surface area contributed by atoms with Crippen LogP contribution < -0.4 is 19.7 Å². The fraction of sp³-hybridized carbons (Fsp3) is 0.231. The van der Waals surface area contributed by atoms with Crippen LogP contribution in [0.4, 0.5) is 11.4 Å². The van der Waals surface area contributed by atoms with Gasteiger partial charge in [0.15, 0.2) is 0 Å². The summed E-state index contributed by atoms with van der Waals surface area (Å²) in [6.07, 6.45) is 1.03. The molecule has 3 aromatic rings. The van der Waals surface area contributed by atoms with Crippen LogP contribution in [0, 0.1) is 0 Å². The van der Waals surface area contributed by atoms with E-state index in [1.807, 2.05) is 44.2 Å². The summed E-state index contributed by atoms with van der Waals surface area (Å²) in [5, 5.41) is 5.60. The van der Waals surface area contributed by atoms with E-state index in [0.29, 0.717) is 18.0 Å². The number of amides is 2. The van der Waals surface area contributed by atoms with Gasteiger partial charge >= 0.3 is 0 Å². The van der Waals surface area contributed by atoms with Crippen LogP contribution in [0.1, 0.15) is 35.8 Å². The molecule has 0 aliphatic heterocycles. The van der Waals surface area contributed by atoms with Crippen molar-refractivity contribution in [3.8, 4) is 5.75 Å². The summed E-state index contributed by atoms with van der Waals surface area (Å²) in [7, 11) is -3.75. The van der Waals surface area contributed by atoms with E-state index in [-0.39, 0.29) is 23.2 Å². The van der Waals surface area contributed by atoms with E-state index in [9.17, 15) is 18.0 Å². The molecule has 184 valence electrons. The molecule has 8 nitrogen and oxygen atoms in total. The van der Waals surface area contributed by atoms with Gasteiger partial charge < -0.3 is 15.4 Å². The molecular formula is C26H29N3O5S. The van der Waals surface area contributed by atoms with E-state index in [2.05, 4.69) is 10.6 Å². The summed E-state index contributed by atoms with van der Waals surface area (Å²) in [5.41, 5.74) is 1.83. The first-order valence-corrected chi connectivity index (χ1v) is 13.0. The monoisotopic (exact) mass is 495 g/mol. The molecule has 0 bridgehead atoms. The quantitative estimate of drug-likeness (QED) is 0.443. The second-order valence-corrected chi connectivity index (χ2v) is 9.80. The second-order valence-electron chi connectivity index (χ2n) is 7.90. The van der Waals surface area contributed by atoms with E-state index in [0.717, 1.165) is 16.1 Å². The molecule has 1 atom stereocenters. The van der Waals surface area contributed by atoms with Crippen LogP contribution in [0.5, 0.6) is 5.75 Å². The summed E-state index contributed by atoms with van der Waals surface area (Å²) in [5.74, 6) is -0.344. The van der Waals surface area contributed by atoms with Crippen LogP contribution in [-0.2, 0) is 14.8 Å². The van der Waals surface area contributed by atoms with Crippen molar-refractivity contribution in [3.63, 3.8) is 0 Å². The number of carbonyl (C=O) groups is 2. The number of sulfonamides is 1. The first-order chi connectivity index (χ1) is 16.7. The molecule has 0 radical (unpaired) electrons. The average molecular weight is 496 g/mol. The second kappa shape index (κ2) is 11.5. The first kappa shape index (κ1) is 25.8. The molecule has 0 unspecified atom stereocenters. The molecule has 0 saturated heterocycles. The van der Waals surface area contributed by atoms with Gasteiger partial charge in [0.1, 0.15) is 12.3 Å². The lowest BCUT2D eigenvalue weighted by Crippen LogP contribution is -2.37. The van der Waals surface area contributed by atoms with Crippen LogP contribution in [0.25, 0.3) is 0 Å². The van der Waals surface area contributed by atoms with Crippen LogP contribution in [0.2, 0.25) is 0 Å². The SMILES string of the molecule is CCOc1ccc(N(CC(=O)Nc2ccccc2C(=O)N[C@@H](C)c2ccccc2)S(C)(=O)=O)cc1. The highest BCUT2D eigenvalue weighted by Crippen LogP contribution is 2.23. The topological polar surface area (TPSA) is 105 Å². The average Bonchev–Trinajstić information content (AvgIpc) is 2.83. The lowest BCUT2D eigenvalue weighted by atomic mass is 10.1. The highest BCUT2D eigenvalue weighted by atomic mass is 32.2. The van der Waals surface area contributed by atoms with Crippen LogP contribution in [-0.4, -0.2) is 39.6 Å². The zero-order chi connectivity index (χ0) is 25.4. The van der Waals surface area contributed by atoms with Gasteiger partial charge in [-0.15, -0.1) is 0 Å². The Morgan fingerprint density at radius 3 is 2.20 bits per heavy atom. The minimum absolute atomic E-state index is 0.243. The Labute approximate surface area is 206 Å². The molecule has 3 aromatic carbocycles. The van der Waals surface area contributed by atoms with E-state index >= 15 is 0 Å². The van der Waals surface area contributed by atoms with Crippen molar-refractivity contribution in [3.05, 3.63) is 90.0 Å². The molecule has 0 aromatic heterocycles. The van der Waals surface area contributed by atoms with Gasteiger partial charge in [0.25, 0.3) is 5.91 Å². The molecule has 0 saturated carbocycles. The highest BCUT2D eigenvalue weighted by molar-refractivity contribution is 7.92. The third kappa shape index (κ3) is 7.07. The van der Waals surface area contributed by atoms with Gasteiger partial charge in [-0.3, -0.25) is 13.9 Å². The number of ether oxygens (including phenoxy) is 1. The summed E-state index contributed by atoms with van der Waals surface area (Å²) >= 11 is 0. The number of nitrogens with one attached hydrogen (secondary N) is 2. The van der Waals surface area contributed by atoms with Gasteiger partial charge in [-0.25, -0.2) is 8.42 Å². The molecule has 0 spiro atoms. The molecule has 3 rings (SSSR count). The van der Waals surface area contributed by atoms with Crippen molar-refractivity contribution in [2.45, 2.75) is 19.9 Å². The molecule has 2 amide bonds. The molecular weight excluding hydrogens is 466 g/mol. The molecule has 0 fully saturated rings. The number of rotatable bonds is 10. The maximum absolute atomic E-state index is 12.9.